The van der Waals surface area contributed by atoms with Gasteiger partial charge < -0.3 is 9.64 Å². The third kappa shape index (κ3) is 2.36. The largest absolute Gasteiger partial charge is 0.469 e. The highest BCUT2D eigenvalue weighted by Gasteiger charge is 2.36. The molecular formula is C14H15NO4. The Morgan fingerprint density at radius 1 is 1.32 bits per heavy atom. The fourth-order valence-corrected chi connectivity index (χ4v) is 2.24. The summed E-state index contributed by atoms with van der Waals surface area (Å²) in [5.74, 6) is -1.31. The minimum absolute atomic E-state index is 0.232. The summed E-state index contributed by atoms with van der Waals surface area (Å²) in [5, 5.41) is 0. The number of ketones is 1. The van der Waals surface area contributed by atoms with Crippen molar-refractivity contribution in [2.45, 2.75) is 19.8 Å². The number of carbonyl (C=O) groups excluding carboxylic acids is 3. The minimum atomic E-state index is -0.519. The number of amides is 1. The Balaban J connectivity index is 2.17. The van der Waals surface area contributed by atoms with Gasteiger partial charge in [0.25, 0.3) is 11.7 Å². The number of esters is 1. The van der Waals surface area contributed by atoms with Crippen molar-refractivity contribution in [2.24, 2.45) is 0 Å². The van der Waals surface area contributed by atoms with E-state index in [4.69, 9.17) is 0 Å². The average molecular weight is 261 g/mol. The van der Waals surface area contributed by atoms with Gasteiger partial charge >= 0.3 is 5.97 Å². The third-order valence-electron chi connectivity index (χ3n) is 3.18. The van der Waals surface area contributed by atoms with Crippen molar-refractivity contribution >= 4 is 23.3 Å². The number of benzene rings is 1. The van der Waals surface area contributed by atoms with Gasteiger partial charge in [0.05, 0.1) is 18.4 Å². The molecule has 0 saturated carbocycles. The topological polar surface area (TPSA) is 63.7 Å². The van der Waals surface area contributed by atoms with Crippen LogP contribution in [0.5, 0.6) is 0 Å². The standard InChI is InChI=1S/C14H15NO4/c1-9-5-3-6-10-12(9)15(14(18)13(10)17)8-4-7-11(16)19-2/h3,5-6H,4,7-8H2,1-2H3. The van der Waals surface area contributed by atoms with Crippen molar-refractivity contribution in [3.8, 4) is 0 Å². The Labute approximate surface area is 111 Å². The molecule has 5 nitrogen and oxygen atoms in total. The minimum Gasteiger partial charge on any atom is -0.469 e. The van der Waals surface area contributed by atoms with Crippen LogP contribution in [0.15, 0.2) is 18.2 Å². The summed E-state index contributed by atoms with van der Waals surface area (Å²) in [5.41, 5.74) is 2.00. The zero-order valence-electron chi connectivity index (χ0n) is 10.9. The normalized spacial score (nSPS) is 13.7. The summed E-state index contributed by atoms with van der Waals surface area (Å²) in [7, 11) is 1.33. The smallest absolute Gasteiger partial charge is 0.305 e. The van der Waals surface area contributed by atoms with E-state index in [2.05, 4.69) is 4.74 Å². The Hall–Kier alpha value is -2.17. The van der Waals surface area contributed by atoms with Gasteiger partial charge in [-0.15, -0.1) is 0 Å². The fraction of sp³-hybridized carbons (Fsp3) is 0.357. The molecule has 1 aromatic carbocycles. The Morgan fingerprint density at radius 2 is 2.05 bits per heavy atom. The quantitative estimate of drug-likeness (QED) is 0.608. The van der Waals surface area contributed by atoms with Crippen molar-refractivity contribution in [3.05, 3.63) is 29.3 Å². The molecule has 1 amide bonds. The van der Waals surface area contributed by atoms with Crippen molar-refractivity contribution < 1.29 is 19.1 Å². The molecule has 2 rings (SSSR count). The molecular weight excluding hydrogens is 246 g/mol. The Kier molecular flexibility index (Phi) is 3.64. The van der Waals surface area contributed by atoms with Crippen LogP contribution in [0.4, 0.5) is 5.69 Å². The summed E-state index contributed by atoms with van der Waals surface area (Å²) in [6.45, 7) is 2.20. The maximum Gasteiger partial charge on any atom is 0.305 e. The number of anilines is 1. The lowest BCUT2D eigenvalue weighted by atomic mass is 10.1. The van der Waals surface area contributed by atoms with E-state index in [0.29, 0.717) is 24.2 Å². The van der Waals surface area contributed by atoms with Crippen LogP contribution in [0, 0.1) is 6.92 Å². The van der Waals surface area contributed by atoms with E-state index in [1.807, 2.05) is 13.0 Å². The molecule has 0 saturated heterocycles. The molecule has 19 heavy (non-hydrogen) atoms. The average Bonchev–Trinajstić information content (AvgIpc) is 2.65. The number of methoxy groups -OCH3 is 1. The van der Waals surface area contributed by atoms with Gasteiger partial charge in [0, 0.05) is 13.0 Å². The number of nitrogens with zero attached hydrogens (tertiary/aromatic N) is 1. The van der Waals surface area contributed by atoms with E-state index < -0.39 is 11.7 Å². The molecule has 0 unspecified atom stereocenters. The van der Waals surface area contributed by atoms with Crippen LogP contribution in [0.25, 0.3) is 0 Å². The van der Waals surface area contributed by atoms with Crippen LogP contribution in [0.2, 0.25) is 0 Å². The second-order valence-corrected chi connectivity index (χ2v) is 4.44. The van der Waals surface area contributed by atoms with Crippen LogP contribution in [0.3, 0.4) is 0 Å². The summed E-state index contributed by atoms with van der Waals surface area (Å²) in [4.78, 5) is 36.3. The molecule has 1 aromatic rings. The molecule has 0 spiro atoms. The number of ether oxygens (including phenoxy) is 1. The zero-order chi connectivity index (χ0) is 14.0. The monoisotopic (exact) mass is 261 g/mol. The first-order chi connectivity index (χ1) is 9.06. The van der Waals surface area contributed by atoms with Gasteiger partial charge in [-0.05, 0) is 25.0 Å². The van der Waals surface area contributed by atoms with Gasteiger partial charge in [-0.25, -0.2) is 0 Å². The summed E-state index contributed by atoms with van der Waals surface area (Å²) >= 11 is 0. The van der Waals surface area contributed by atoms with E-state index in [-0.39, 0.29) is 12.4 Å². The predicted molar refractivity (Wildman–Crippen MR) is 69.1 cm³/mol. The highest BCUT2D eigenvalue weighted by Crippen LogP contribution is 2.32. The van der Waals surface area contributed by atoms with Crippen LogP contribution in [0.1, 0.15) is 28.8 Å². The van der Waals surface area contributed by atoms with E-state index in [0.717, 1.165) is 5.56 Å². The highest BCUT2D eigenvalue weighted by molar-refractivity contribution is 6.52. The van der Waals surface area contributed by atoms with E-state index in [1.54, 1.807) is 12.1 Å². The number of hydrogen-bond donors (Lipinski definition) is 0. The molecule has 0 atom stereocenters. The van der Waals surface area contributed by atoms with Crippen molar-refractivity contribution in [3.63, 3.8) is 0 Å². The van der Waals surface area contributed by atoms with Gasteiger partial charge in [0.1, 0.15) is 0 Å². The Bertz CT molecular complexity index is 550. The lowest BCUT2D eigenvalue weighted by Crippen LogP contribution is -2.31. The second-order valence-electron chi connectivity index (χ2n) is 4.44. The molecule has 0 bridgehead atoms. The summed E-state index contributed by atoms with van der Waals surface area (Å²) in [6.07, 6.45) is 0.704. The molecule has 0 fully saturated rings. The SMILES string of the molecule is COC(=O)CCCN1C(=O)C(=O)c2cccc(C)c21. The van der Waals surface area contributed by atoms with Gasteiger partial charge in [-0.3, -0.25) is 14.4 Å². The highest BCUT2D eigenvalue weighted by atomic mass is 16.5. The molecule has 1 aliphatic rings. The number of rotatable bonds is 4. The van der Waals surface area contributed by atoms with Gasteiger partial charge in [-0.2, -0.15) is 0 Å². The number of para-hydroxylation sites is 1. The second kappa shape index (κ2) is 5.22. The first kappa shape index (κ1) is 13.3. The number of hydrogen-bond acceptors (Lipinski definition) is 4. The molecule has 0 aromatic heterocycles. The van der Waals surface area contributed by atoms with Crippen LogP contribution in [-0.4, -0.2) is 31.3 Å². The number of fused-ring (bicyclic) bond motifs is 1. The van der Waals surface area contributed by atoms with E-state index >= 15 is 0 Å². The number of aryl methyl sites for hydroxylation is 1. The fourth-order valence-electron chi connectivity index (χ4n) is 2.24. The predicted octanol–water partition coefficient (Wildman–Crippen LogP) is 1.48. The molecule has 5 heteroatoms. The van der Waals surface area contributed by atoms with E-state index in [1.165, 1.54) is 12.0 Å². The molecule has 0 N–H and O–H groups in total. The molecule has 100 valence electrons. The number of Topliss-reactive ketones (excluding diaryl/α,β-unsaturated/α-hetero) is 1. The molecule has 1 aliphatic heterocycles. The zero-order valence-corrected chi connectivity index (χ0v) is 10.9. The van der Waals surface area contributed by atoms with Gasteiger partial charge in [-0.1, -0.05) is 12.1 Å². The van der Waals surface area contributed by atoms with E-state index in [9.17, 15) is 14.4 Å². The molecule has 0 radical (unpaired) electrons. The first-order valence-electron chi connectivity index (χ1n) is 6.09. The molecule has 0 aliphatic carbocycles. The maximum absolute atomic E-state index is 11.9. The van der Waals surface area contributed by atoms with Crippen molar-refractivity contribution in [1.29, 1.82) is 0 Å². The summed E-state index contributed by atoms with van der Waals surface area (Å²) in [6, 6.07) is 5.28. The van der Waals surface area contributed by atoms with Crippen molar-refractivity contribution in [1.82, 2.24) is 0 Å². The first-order valence-corrected chi connectivity index (χ1v) is 6.09. The Morgan fingerprint density at radius 3 is 2.74 bits per heavy atom. The number of carbonyl (C=O) groups is 3. The van der Waals surface area contributed by atoms with Crippen LogP contribution < -0.4 is 4.90 Å². The van der Waals surface area contributed by atoms with Crippen LogP contribution in [-0.2, 0) is 14.3 Å². The van der Waals surface area contributed by atoms with Gasteiger partial charge in [0.2, 0.25) is 0 Å². The van der Waals surface area contributed by atoms with Gasteiger partial charge in [0.15, 0.2) is 0 Å². The lowest BCUT2D eigenvalue weighted by Gasteiger charge is -2.17. The third-order valence-corrected chi connectivity index (χ3v) is 3.18. The lowest BCUT2D eigenvalue weighted by molar-refractivity contribution is -0.140. The molecule has 1 heterocycles. The van der Waals surface area contributed by atoms with Crippen molar-refractivity contribution in [2.75, 3.05) is 18.6 Å². The maximum atomic E-state index is 11.9. The summed E-state index contributed by atoms with van der Waals surface area (Å²) < 4.78 is 4.55. The van der Waals surface area contributed by atoms with Crippen LogP contribution >= 0.6 is 0 Å².